The third kappa shape index (κ3) is 2.49. The maximum atomic E-state index is 13.1. The number of carbonyl (C=O) groups is 1. The summed E-state index contributed by atoms with van der Waals surface area (Å²) in [7, 11) is 0. The first-order valence-corrected chi connectivity index (χ1v) is 5.73. The molecule has 1 heterocycles. The van der Waals surface area contributed by atoms with Crippen molar-refractivity contribution in [3.05, 3.63) is 53.3 Å². The van der Waals surface area contributed by atoms with Crippen LogP contribution in [0.1, 0.15) is 21.5 Å². The molecule has 0 spiro atoms. The van der Waals surface area contributed by atoms with Crippen molar-refractivity contribution in [2.45, 2.75) is 13.1 Å². The smallest absolute Gasteiger partial charge is 0.366 e. The number of benzene rings is 1. The Balaban J connectivity index is 2.80. The summed E-state index contributed by atoms with van der Waals surface area (Å²) >= 11 is 0. The zero-order chi connectivity index (χ0) is 14.9. The van der Waals surface area contributed by atoms with Crippen LogP contribution in [0.5, 0.6) is 0 Å². The van der Waals surface area contributed by atoms with Crippen LogP contribution in [-0.2, 0) is 6.18 Å². The Morgan fingerprint density at radius 1 is 1.25 bits per heavy atom. The summed E-state index contributed by atoms with van der Waals surface area (Å²) in [5.41, 5.74) is 4.86. The fraction of sp³-hybridized carbons (Fsp3) is 0.143. The van der Waals surface area contributed by atoms with Crippen LogP contribution in [0.25, 0.3) is 11.1 Å². The van der Waals surface area contributed by atoms with E-state index in [1.807, 2.05) is 0 Å². The number of aromatic nitrogens is 1. The van der Waals surface area contributed by atoms with E-state index in [2.05, 4.69) is 4.98 Å². The van der Waals surface area contributed by atoms with Crippen molar-refractivity contribution in [3.63, 3.8) is 0 Å². The van der Waals surface area contributed by atoms with Crippen molar-refractivity contribution in [2.24, 2.45) is 5.73 Å². The Hall–Kier alpha value is -2.37. The second-order valence-corrected chi connectivity index (χ2v) is 4.26. The van der Waals surface area contributed by atoms with Crippen LogP contribution in [-0.4, -0.2) is 10.9 Å². The van der Waals surface area contributed by atoms with Gasteiger partial charge in [0.05, 0.1) is 5.56 Å². The molecule has 2 rings (SSSR count). The molecule has 2 N–H and O–H groups in total. The zero-order valence-electron chi connectivity index (χ0n) is 10.5. The predicted molar refractivity (Wildman–Crippen MR) is 67.9 cm³/mol. The quantitative estimate of drug-likeness (QED) is 0.918. The lowest BCUT2D eigenvalue weighted by atomic mass is 9.92. The summed E-state index contributed by atoms with van der Waals surface area (Å²) in [6.45, 7) is 1.44. The molecule has 0 aliphatic carbocycles. The van der Waals surface area contributed by atoms with Gasteiger partial charge in [-0.05, 0) is 36.2 Å². The first-order valence-electron chi connectivity index (χ1n) is 5.73. The van der Waals surface area contributed by atoms with E-state index in [-0.39, 0.29) is 16.7 Å². The maximum Gasteiger partial charge on any atom is 0.417 e. The van der Waals surface area contributed by atoms with E-state index in [0.717, 1.165) is 12.1 Å². The van der Waals surface area contributed by atoms with Crippen molar-refractivity contribution in [1.82, 2.24) is 4.98 Å². The summed E-state index contributed by atoms with van der Waals surface area (Å²) in [6, 6.07) is 5.01. The number of alkyl halides is 3. The molecule has 2 aromatic rings. The molecular weight excluding hydrogens is 269 g/mol. The van der Waals surface area contributed by atoms with Crippen LogP contribution >= 0.6 is 0 Å². The molecule has 0 aliphatic rings. The third-order valence-electron chi connectivity index (χ3n) is 2.99. The van der Waals surface area contributed by atoms with Gasteiger partial charge in [-0.2, -0.15) is 13.2 Å². The Morgan fingerprint density at radius 2 is 1.95 bits per heavy atom. The summed E-state index contributed by atoms with van der Waals surface area (Å²) in [5.74, 6) is -0.763. The number of hydrogen-bond acceptors (Lipinski definition) is 2. The molecule has 0 aliphatic heterocycles. The van der Waals surface area contributed by atoms with Crippen molar-refractivity contribution >= 4 is 5.91 Å². The SMILES string of the molecule is Cc1c(C(N)=O)ccc(C(F)(F)F)c1-c1cccnc1. The highest BCUT2D eigenvalue weighted by molar-refractivity contribution is 5.96. The third-order valence-corrected chi connectivity index (χ3v) is 2.99. The number of pyridine rings is 1. The van der Waals surface area contributed by atoms with Crippen molar-refractivity contribution < 1.29 is 18.0 Å². The van der Waals surface area contributed by atoms with Gasteiger partial charge in [-0.15, -0.1) is 0 Å². The minimum Gasteiger partial charge on any atom is -0.366 e. The summed E-state index contributed by atoms with van der Waals surface area (Å²) < 4.78 is 39.3. The van der Waals surface area contributed by atoms with Crippen LogP contribution in [0.15, 0.2) is 36.7 Å². The lowest BCUT2D eigenvalue weighted by Gasteiger charge is -2.17. The first-order chi connectivity index (χ1) is 9.32. The minimum atomic E-state index is -4.52. The number of nitrogens with two attached hydrogens (primary N) is 1. The molecule has 0 fully saturated rings. The van der Waals surface area contributed by atoms with Crippen LogP contribution < -0.4 is 5.73 Å². The number of hydrogen-bond donors (Lipinski definition) is 1. The lowest BCUT2D eigenvalue weighted by Crippen LogP contribution is -2.16. The van der Waals surface area contributed by atoms with Crippen LogP contribution in [0.2, 0.25) is 0 Å². The molecule has 0 saturated heterocycles. The normalized spacial score (nSPS) is 11.4. The van der Waals surface area contributed by atoms with Crippen LogP contribution in [0.3, 0.4) is 0 Å². The summed E-state index contributed by atoms with van der Waals surface area (Å²) in [5, 5.41) is 0. The topological polar surface area (TPSA) is 56.0 Å². The molecule has 0 atom stereocenters. The summed E-state index contributed by atoms with van der Waals surface area (Å²) in [6.07, 6.45) is -1.74. The lowest BCUT2D eigenvalue weighted by molar-refractivity contribution is -0.137. The van der Waals surface area contributed by atoms with E-state index in [1.54, 1.807) is 0 Å². The fourth-order valence-corrected chi connectivity index (χ4v) is 2.10. The van der Waals surface area contributed by atoms with Crippen molar-refractivity contribution in [3.8, 4) is 11.1 Å². The average Bonchev–Trinajstić information content (AvgIpc) is 2.37. The monoisotopic (exact) mass is 280 g/mol. The van der Waals surface area contributed by atoms with Gasteiger partial charge in [0, 0.05) is 23.5 Å². The van der Waals surface area contributed by atoms with Gasteiger partial charge >= 0.3 is 6.18 Å². The maximum absolute atomic E-state index is 13.1. The zero-order valence-corrected chi connectivity index (χ0v) is 10.5. The van der Waals surface area contributed by atoms with Crippen LogP contribution in [0.4, 0.5) is 13.2 Å². The molecule has 1 aromatic carbocycles. The van der Waals surface area contributed by atoms with Gasteiger partial charge in [-0.25, -0.2) is 0 Å². The van der Waals surface area contributed by atoms with E-state index in [1.165, 1.54) is 31.5 Å². The van der Waals surface area contributed by atoms with Gasteiger partial charge in [0.2, 0.25) is 5.91 Å². The highest BCUT2D eigenvalue weighted by Gasteiger charge is 2.35. The largest absolute Gasteiger partial charge is 0.417 e. The molecule has 20 heavy (non-hydrogen) atoms. The Bertz CT molecular complexity index is 651. The molecule has 0 radical (unpaired) electrons. The molecule has 0 unspecified atom stereocenters. The molecule has 0 bridgehead atoms. The Morgan fingerprint density at radius 3 is 2.45 bits per heavy atom. The summed E-state index contributed by atoms with van der Waals surface area (Å²) in [4.78, 5) is 15.1. The van der Waals surface area contributed by atoms with Crippen molar-refractivity contribution in [2.75, 3.05) is 0 Å². The van der Waals surface area contributed by atoms with Gasteiger partial charge in [-0.3, -0.25) is 9.78 Å². The average molecular weight is 280 g/mol. The van der Waals surface area contributed by atoms with Gasteiger partial charge < -0.3 is 5.73 Å². The van der Waals surface area contributed by atoms with E-state index in [4.69, 9.17) is 5.73 Å². The van der Waals surface area contributed by atoms with Gasteiger partial charge in [0.15, 0.2) is 0 Å². The Labute approximate surface area is 113 Å². The number of halogens is 3. The number of rotatable bonds is 2. The standard InChI is InChI=1S/C14H11F3N2O/c1-8-10(13(18)20)4-5-11(14(15,16)17)12(8)9-3-2-6-19-7-9/h2-7H,1H3,(H2,18,20). The van der Waals surface area contributed by atoms with E-state index >= 15 is 0 Å². The molecule has 6 heteroatoms. The molecular formula is C14H11F3N2O. The second-order valence-electron chi connectivity index (χ2n) is 4.26. The first kappa shape index (κ1) is 14.0. The highest BCUT2D eigenvalue weighted by atomic mass is 19.4. The van der Waals surface area contributed by atoms with E-state index in [9.17, 15) is 18.0 Å². The predicted octanol–water partition coefficient (Wildman–Crippen LogP) is 3.17. The molecule has 3 nitrogen and oxygen atoms in total. The van der Waals surface area contributed by atoms with Gasteiger partial charge in [0.1, 0.15) is 0 Å². The molecule has 0 saturated carbocycles. The van der Waals surface area contributed by atoms with Crippen LogP contribution in [0, 0.1) is 6.92 Å². The van der Waals surface area contributed by atoms with Crippen molar-refractivity contribution in [1.29, 1.82) is 0 Å². The second kappa shape index (κ2) is 4.96. The Kier molecular flexibility index (Phi) is 3.48. The molecule has 104 valence electrons. The van der Waals surface area contributed by atoms with E-state index < -0.39 is 17.6 Å². The highest BCUT2D eigenvalue weighted by Crippen LogP contribution is 2.39. The number of carbonyl (C=O) groups excluding carboxylic acids is 1. The number of primary amides is 1. The van der Waals surface area contributed by atoms with Gasteiger partial charge in [0.25, 0.3) is 0 Å². The fourth-order valence-electron chi connectivity index (χ4n) is 2.10. The van der Waals surface area contributed by atoms with Gasteiger partial charge in [-0.1, -0.05) is 6.07 Å². The molecule has 1 amide bonds. The number of nitrogens with zero attached hydrogens (tertiary/aromatic N) is 1. The minimum absolute atomic E-state index is 0.0665. The van der Waals surface area contributed by atoms with E-state index in [0.29, 0.717) is 5.56 Å². The number of amides is 1. The molecule has 1 aromatic heterocycles.